The summed E-state index contributed by atoms with van der Waals surface area (Å²) < 4.78 is 5.34. The summed E-state index contributed by atoms with van der Waals surface area (Å²) in [4.78, 5) is 12.0. The summed E-state index contributed by atoms with van der Waals surface area (Å²) in [5.74, 6) is 0.0979. The maximum atomic E-state index is 12.0. The van der Waals surface area contributed by atoms with Crippen molar-refractivity contribution in [2.24, 2.45) is 5.92 Å². The van der Waals surface area contributed by atoms with Crippen molar-refractivity contribution in [3.05, 3.63) is 34.9 Å². The molecule has 0 saturated heterocycles. The minimum Gasteiger partial charge on any atom is -0.465 e. The van der Waals surface area contributed by atoms with Gasteiger partial charge in [-0.15, -0.1) is 0 Å². The van der Waals surface area contributed by atoms with Crippen LogP contribution in [0, 0.1) is 5.92 Å². The van der Waals surface area contributed by atoms with Crippen molar-refractivity contribution in [1.82, 2.24) is 0 Å². The van der Waals surface area contributed by atoms with Gasteiger partial charge in [0.15, 0.2) is 0 Å². The molecule has 0 aromatic carbocycles. The molecular formula is C22H36O2. The third kappa shape index (κ3) is 9.10. The molecule has 0 N–H and O–H groups in total. The number of hydrogen-bond acceptors (Lipinski definition) is 2. The van der Waals surface area contributed by atoms with Crippen molar-refractivity contribution in [1.29, 1.82) is 0 Å². The van der Waals surface area contributed by atoms with Crippen LogP contribution in [0.25, 0.3) is 0 Å². The first-order valence-electron chi connectivity index (χ1n) is 9.66. The lowest BCUT2D eigenvalue weighted by Gasteiger charge is -2.20. The van der Waals surface area contributed by atoms with E-state index in [1.807, 2.05) is 0 Å². The van der Waals surface area contributed by atoms with Crippen molar-refractivity contribution in [2.45, 2.75) is 85.5 Å². The average Bonchev–Trinajstić information content (AvgIpc) is 2.55. The van der Waals surface area contributed by atoms with E-state index in [1.165, 1.54) is 16.7 Å². The molecule has 24 heavy (non-hydrogen) atoms. The number of esters is 1. The predicted molar refractivity (Wildman–Crippen MR) is 103 cm³/mol. The highest BCUT2D eigenvalue weighted by molar-refractivity contribution is 5.72. The van der Waals surface area contributed by atoms with Gasteiger partial charge in [0.2, 0.25) is 0 Å². The van der Waals surface area contributed by atoms with E-state index >= 15 is 0 Å². The second kappa shape index (κ2) is 12.1. The lowest BCUT2D eigenvalue weighted by atomic mass is 9.87. The van der Waals surface area contributed by atoms with E-state index in [2.05, 4.69) is 45.9 Å². The summed E-state index contributed by atoms with van der Waals surface area (Å²) >= 11 is 0. The van der Waals surface area contributed by atoms with Gasteiger partial charge in [0.1, 0.15) is 0 Å². The van der Waals surface area contributed by atoms with Crippen LogP contribution in [0.5, 0.6) is 0 Å². The molecule has 0 aliphatic heterocycles. The van der Waals surface area contributed by atoms with Crippen molar-refractivity contribution in [3.8, 4) is 0 Å². The number of hydrogen-bond donors (Lipinski definition) is 0. The molecule has 0 bridgehead atoms. The topological polar surface area (TPSA) is 26.3 Å². The lowest BCUT2D eigenvalue weighted by Crippen LogP contribution is -2.20. The van der Waals surface area contributed by atoms with Crippen molar-refractivity contribution in [3.63, 3.8) is 0 Å². The van der Waals surface area contributed by atoms with Gasteiger partial charge in [-0.3, -0.25) is 4.79 Å². The second-order valence-electron chi connectivity index (χ2n) is 7.26. The lowest BCUT2D eigenvalue weighted by molar-refractivity contribution is -0.148. The van der Waals surface area contributed by atoms with E-state index in [1.54, 1.807) is 0 Å². The number of unbranched alkanes of at least 4 members (excludes halogenated alkanes) is 1. The Labute approximate surface area is 149 Å². The Kier molecular flexibility index (Phi) is 10.5. The molecule has 0 saturated carbocycles. The Balaban J connectivity index is 2.26. The van der Waals surface area contributed by atoms with Gasteiger partial charge in [0.25, 0.3) is 0 Å². The number of rotatable bonds is 10. The minimum absolute atomic E-state index is 0.00811. The molecule has 0 amide bonds. The van der Waals surface area contributed by atoms with Crippen LogP contribution in [-0.2, 0) is 9.53 Å². The number of ether oxygens (including phenoxy) is 1. The molecule has 0 spiro atoms. The standard InChI is InChI=1S/C22H36O2/c1-5-6-17-24-22(23)21-15-13-20(14-16-21)12-8-11-19(4)10-7-9-18(2)3/h9,11,13,21H,5-8,10,12,14-17H2,1-4H3. The number of carbonyl (C=O) groups is 1. The van der Waals surface area contributed by atoms with E-state index in [0.29, 0.717) is 6.61 Å². The number of allylic oxidation sites excluding steroid dienone is 6. The Morgan fingerprint density at radius 3 is 2.67 bits per heavy atom. The predicted octanol–water partition coefficient (Wildman–Crippen LogP) is 6.53. The van der Waals surface area contributed by atoms with E-state index in [0.717, 1.165) is 57.8 Å². The summed E-state index contributed by atoms with van der Waals surface area (Å²) in [6.45, 7) is 9.24. The van der Waals surface area contributed by atoms with E-state index in [9.17, 15) is 4.79 Å². The first-order valence-corrected chi connectivity index (χ1v) is 9.66. The van der Waals surface area contributed by atoms with E-state index in [4.69, 9.17) is 4.74 Å². The molecule has 0 fully saturated rings. The van der Waals surface area contributed by atoms with Crippen LogP contribution in [0.15, 0.2) is 34.9 Å². The molecule has 1 rings (SSSR count). The van der Waals surface area contributed by atoms with Gasteiger partial charge in [-0.05, 0) is 72.1 Å². The maximum Gasteiger partial charge on any atom is 0.309 e. The fourth-order valence-electron chi connectivity index (χ4n) is 2.96. The van der Waals surface area contributed by atoms with Crippen LogP contribution in [-0.4, -0.2) is 12.6 Å². The monoisotopic (exact) mass is 332 g/mol. The molecule has 1 aliphatic carbocycles. The normalized spacial score (nSPS) is 18.1. The number of carbonyl (C=O) groups excluding carboxylic acids is 1. The zero-order valence-electron chi connectivity index (χ0n) is 16.2. The van der Waals surface area contributed by atoms with Gasteiger partial charge in [-0.25, -0.2) is 0 Å². The quantitative estimate of drug-likeness (QED) is 0.258. The van der Waals surface area contributed by atoms with Crippen molar-refractivity contribution in [2.75, 3.05) is 6.61 Å². The Bertz CT molecular complexity index is 464. The highest BCUT2D eigenvalue weighted by Gasteiger charge is 2.22. The van der Waals surface area contributed by atoms with Crippen LogP contribution in [0.1, 0.15) is 85.5 Å². The highest BCUT2D eigenvalue weighted by atomic mass is 16.5. The fraction of sp³-hybridized carbons (Fsp3) is 0.682. The molecule has 0 radical (unpaired) electrons. The fourth-order valence-corrected chi connectivity index (χ4v) is 2.96. The molecule has 2 heteroatoms. The zero-order chi connectivity index (χ0) is 17.8. The highest BCUT2D eigenvalue weighted by Crippen LogP contribution is 2.27. The van der Waals surface area contributed by atoms with E-state index < -0.39 is 0 Å². The summed E-state index contributed by atoms with van der Waals surface area (Å²) in [5.41, 5.74) is 4.40. The maximum absolute atomic E-state index is 12.0. The first-order chi connectivity index (χ1) is 11.5. The smallest absolute Gasteiger partial charge is 0.309 e. The van der Waals surface area contributed by atoms with Crippen LogP contribution in [0.4, 0.5) is 0 Å². The van der Waals surface area contributed by atoms with E-state index in [-0.39, 0.29) is 11.9 Å². The molecular weight excluding hydrogens is 296 g/mol. The summed E-state index contributed by atoms with van der Waals surface area (Å²) in [6.07, 6.45) is 16.5. The molecule has 0 aromatic rings. The first kappa shape index (κ1) is 20.7. The van der Waals surface area contributed by atoms with Crippen molar-refractivity contribution >= 4 is 5.97 Å². The van der Waals surface area contributed by atoms with Gasteiger partial charge in [0.05, 0.1) is 12.5 Å². The van der Waals surface area contributed by atoms with Gasteiger partial charge < -0.3 is 4.74 Å². The SMILES string of the molecule is CCCCOC(=O)C1CC=C(CCC=C(C)CCC=C(C)C)CC1. The zero-order valence-corrected chi connectivity index (χ0v) is 16.2. The molecule has 136 valence electrons. The molecule has 2 nitrogen and oxygen atoms in total. The molecule has 1 unspecified atom stereocenters. The summed E-state index contributed by atoms with van der Waals surface area (Å²) in [6, 6.07) is 0. The summed E-state index contributed by atoms with van der Waals surface area (Å²) in [5, 5.41) is 0. The Morgan fingerprint density at radius 2 is 2.04 bits per heavy atom. The molecule has 1 atom stereocenters. The van der Waals surface area contributed by atoms with Crippen molar-refractivity contribution < 1.29 is 9.53 Å². The largest absolute Gasteiger partial charge is 0.465 e. The summed E-state index contributed by atoms with van der Waals surface area (Å²) in [7, 11) is 0. The van der Waals surface area contributed by atoms with Gasteiger partial charge in [-0.1, -0.05) is 48.3 Å². The minimum atomic E-state index is 0.00811. The van der Waals surface area contributed by atoms with Gasteiger partial charge in [-0.2, -0.15) is 0 Å². The second-order valence-corrected chi connectivity index (χ2v) is 7.26. The molecule has 1 aliphatic rings. The van der Waals surface area contributed by atoms with Crippen LogP contribution >= 0.6 is 0 Å². The molecule has 0 heterocycles. The third-order valence-electron chi connectivity index (χ3n) is 4.63. The Morgan fingerprint density at radius 1 is 1.25 bits per heavy atom. The van der Waals surface area contributed by atoms with Crippen LogP contribution in [0.3, 0.4) is 0 Å². The Hall–Kier alpha value is -1.31. The van der Waals surface area contributed by atoms with Gasteiger partial charge >= 0.3 is 5.97 Å². The van der Waals surface area contributed by atoms with Gasteiger partial charge in [0, 0.05) is 0 Å². The van der Waals surface area contributed by atoms with Crippen LogP contribution < -0.4 is 0 Å². The molecule has 0 aromatic heterocycles. The average molecular weight is 333 g/mol. The van der Waals surface area contributed by atoms with Crippen LogP contribution in [0.2, 0.25) is 0 Å². The third-order valence-corrected chi connectivity index (χ3v) is 4.63.